The van der Waals surface area contributed by atoms with Gasteiger partial charge in [0, 0.05) is 12.5 Å². The minimum atomic E-state index is -0.200. The molecule has 0 saturated carbocycles. The van der Waals surface area contributed by atoms with Crippen molar-refractivity contribution in [2.45, 2.75) is 33.1 Å². The van der Waals surface area contributed by atoms with Crippen LogP contribution in [0.3, 0.4) is 0 Å². The average molecular weight is 341 g/mol. The monoisotopic (exact) mass is 341 g/mol. The number of ether oxygens (including phenoxy) is 1. The zero-order valence-corrected chi connectivity index (χ0v) is 15.5. The highest BCUT2D eigenvalue weighted by Crippen LogP contribution is 2.31. The lowest BCUT2D eigenvalue weighted by Crippen LogP contribution is -2.34. The molecule has 1 saturated heterocycles. The Bertz CT molecular complexity index is 711. The molecule has 1 heterocycles. The fourth-order valence-electron chi connectivity index (χ4n) is 3.69. The van der Waals surface area contributed by atoms with Gasteiger partial charge in [0.2, 0.25) is 0 Å². The molecule has 3 heteroatoms. The minimum absolute atomic E-state index is 0.200. The van der Waals surface area contributed by atoms with Crippen LogP contribution >= 0.6 is 0 Å². The van der Waals surface area contributed by atoms with Gasteiger partial charge in [-0.25, -0.2) is 4.39 Å². The van der Waals surface area contributed by atoms with Crippen LogP contribution in [0.5, 0.6) is 5.75 Å². The maximum Gasteiger partial charge on any atom is 0.123 e. The van der Waals surface area contributed by atoms with Crippen LogP contribution in [-0.2, 0) is 6.42 Å². The number of hydrogen-bond donors (Lipinski definition) is 0. The number of hydrogen-bond acceptors (Lipinski definition) is 2. The second-order valence-electron chi connectivity index (χ2n) is 7.22. The van der Waals surface area contributed by atoms with Gasteiger partial charge in [0.25, 0.3) is 0 Å². The largest absolute Gasteiger partial charge is 0.493 e. The summed E-state index contributed by atoms with van der Waals surface area (Å²) >= 11 is 0. The van der Waals surface area contributed by atoms with Gasteiger partial charge >= 0.3 is 0 Å². The molecule has 2 aromatic rings. The van der Waals surface area contributed by atoms with Crippen LogP contribution in [0.2, 0.25) is 0 Å². The van der Waals surface area contributed by atoms with E-state index in [2.05, 4.69) is 37.9 Å². The summed E-state index contributed by atoms with van der Waals surface area (Å²) in [5.41, 5.74) is 4.59. The van der Waals surface area contributed by atoms with E-state index in [0.717, 1.165) is 36.4 Å². The third-order valence-electron chi connectivity index (χ3n) is 5.14. The van der Waals surface area contributed by atoms with E-state index >= 15 is 0 Å². The van der Waals surface area contributed by atoms with Crippen LogP contribution in [0.4, 0.5) is 4.39 Å². The van der Waals surface area contributed by atoms with Gasteiger partial charge < -0.3 is 9.64 Å². The molecule has 0 amide bonds. The van der Waals surface area contributed by atoms with E-state index in [1.54, 1.807) is 0 Å². The van der Waals surface area contributed by atoms with Crippen molar-refractivity contribution in [2.75, 3.05) is 26.7 Å². The zero-order valence-electron chi connectivity index (χ0n) is 15.5. The predicted octanol–water partition coefficient (Wildman–Crippen LogP) is 5.08. The molecule has 1 aliphatic heterocycles. The third-order valence-corrected chi connectivity index (χ3v) is 5.14. The molecule has 134 valence electrons. The first-order chi connectivity index (χ1) is 12.1. The summed E-state index contributed by atoms with van der Waals surface area (Å²) in [6.07, 6.45) is 3.43. The van der Waals surface area contributed by atoms with Crippen molar-refractivity contribution in [1.82, 2.24) is 4.90 Å². The molecule has 2 aromatic carbocycles. The molecule has 0 aliphatic carbocycles. The Morgan fingerprint density at radius 1 is 1.20 bits per heavy atom. The zero-order chi connectivity index (χ0) is 17.8. The van der Waals surface area contributed by atoms with Crippen molar-refractivity contribution in [3.05, 3.63) is 53.3 Å². The van der Waals surface area contributed by atoms with E-state index < -0.39 is 0 Å². The molecule has 1 fully saturated rings. The van der Waals surface area contributed by atoms with Gasteiger partial charge in [-0.1, -0.05) is 19.1 Å². The van der Waals surface area contributed by atoms with Crippen molar-refractivity contribution in [1.29, 1.82) is 0 Å². The predicted molar refractivity (Wildman–Crippen MR) is 102 cm³/mol. The normalized spacial score (nSPS) is 18.3. The summed E-state index contributed by atoms with van der Waals surface area (Å²) in [6.45, 7) is 7.35. The number of benzene rings is 2. The Morgan fingerprint density at radius 2 is 1.96 bits per heavy atom. The second-order valence-corrected chi connectivity index (χ2v) is 7.22. The lowest BCUT2D eigenvalue weighted by Gasteiger charge is -2.29. The number of likely N-dealkylation sites (tertiary alicyclic amines) is 1. The van der Waals surface area contributed by atoms with Gasteiger partial charge in [-0.3, -0.25) is 0 Å². The Kier molecular flexibility index (Phi) is 5.74. The number of piperidine rings is 1. The number of nitrogens with zero attached hydrogens (tertiary/aromatic N) is 1. The van der Waals surface area contributed by atoms with E-state index in [-0.39, 0.29) is 5.82 Å². The van der Waals surface area contributed by atoms with Gasteiger partial charge in [-0.05, 0) is 86.3 Å². The highest BCUT2D eigenvalue weighted by molar-refractivity contribution is 5.69. The van der Waals surface area contributed by atoms with Crippen molar-refractivity contribution in [2.24, 2.45) is 5.92 Å². The Balaban J connectivity index is 1.78. The standard InChI is InChI=1S/C22H28FNO/c1-4-18-13-21(19-7-9-20(23)10-8-19)16(2)12-22(18)25-15-17-6-5-11-24(3)14-17/h7-10,12-13,17H,4-6,11,14-15H2,1-3H3. The van der Waals surface area contributed by atoms with Crippen molar-refractivity contribution in [3.63, 3.8) is 0 Å². The van der Waals surface area contributed by atoms with Gasteiger partial charge in [-0.15, -0.1) is 0 Å². The van der Waals surface area contributed by atoms with Crippen LogP contribution in [-0.4, -0.2) is 31.6 Å². The van der Waals surface area contributed by atoms with Gasteiger partial charge in [0.05, 0.1) is 6.61 Å². The van der Waals surface area contributed by atoms with Gasteiger partial charge in [-0.2, -0.15) is 0 Å². The summed E-state index contributed by atoms with van der Waals surface area (Å²) in [5, 5.41) is 0. The lowest BCUT2D eigenvalue weighted by atomic mass is 9.96. The van der Waals surface area contributed by atoms with Crippen molar-refractivity contribution < 1.29 is 9.13 Å². The fraction of sp³-hybridized carbons (Fsp3) is 0.455. The quantitative estimate of drug-likeness (QED) is 0.751. The lowest BCUT2D eigenvalue weighted by molar-refractivity contribution is 0.150. The topological polar surface area (TPSA) is 12.5 Å². The first-order valence-corrected chi connectivity index (χ1v) is 9.27. The van der Waals surface area contributed by atoms with Crippen molar-refractivity contribution in [3.8, 4) is 16.9 Å². The van der Waals surface area contributed by atoms with E-state index in [1.807, 2.05) is 12.1 Å². The van der Waals surface area contributed by atoms with Gasteiger partial charge in [0.15, 0.2) is 0 Å². The van der Waals surface area contributed by atoms with Crippen LogP contribution in [0.25, 0.3) is 11.1 Å². The molecular weight excluding hydrogens is 313 g/mol. The van der Waals surface area contributed by atoms with Gasteiger partial charge in [0.1, 0.15) is 11.6 Å². The third kappa shape index (κ3) is 4.40. The molecule has 1 atom stereocenters. The molecule has 0 N–H and O–H groups in total. The first kappa shape index (κ1) is 17.9. The first-order valence-electron chi connectivity index (χ1n) is 9.27. The maximum atomic E-state index is 13.2. The van der Waals surface area contributed by atoms with Crippen LogP contribution in [0.1, 0.15) is 30.9 Å². The highest BCUT2D eigenvalue weighted by atomic mass is 19.1. The molecule has 1 aliphatic rings. The molecule has 0 spiro atoms. The maximum absolute atomic E-state index is 13.2. The van der Waals surface area contributed by atoms with Crippen LogP contribution in [0, 0.1) is 18.7 Å². The Hall–Kier alpha value is -1.87. The molecule has 0 bridgehead atoms. The SMILES string of the molecule is CCc1cc(-c2ccc(F)cc2)c(C)cc1OCC1CCCN(C)C1. The summed E-state index contributed by atoms with van der Waals surface area (Å²) in [6, 6.07) is 11.1. The fourth-order valence-corrected chi connectivity index (χ4v) is 3.69. The van der Waals surface area contributed by atoms with E-state index in [0.29, 0.717) is 5.92 Å². The molecule has 25 heavy (non-hydrogen) atoms. The summed E-state index contributed by atoms with van der Waals surface area (Å²) in [4.78, 5) is 2.39. The van der Waals surface area contributed by atoms with Crippen LogP contribution < -0.4 is 4.74 Å². The molecule has 0 aromatic heterocycles. The highest BCUT2D eigenvalue weighted by Gasteiger charge is 2.18. The van der Waals surface area contributed by atoms with E-state index in [1.165, 1.54) is 42.6 Å². The van der Waals surface area contributed by atoms with Crippen molar-refractivity contribution >= 4 is 0 Å². The second kappa shape index (κ2) is 8.01. The molecule has 1 unspecified atom stereocenters. The summed E-state index contributed by atoms with van der Waals surface area (Å²) in [7, 11) is 2.19. The summed E-state index contributed by atoms with van der Waals surface area (Å²) in [5.74, 6) is 1.41. The van der Waals surface area contributed by atoms with E-state index in [9.17, 15) is 4.39 Å². The Labute approximate surface area is 150 Å². The summed E-state index contributed by atoms with van der Waals surface area (Å²) < 4.78 is 19.4. The molecule has 3 rings (SSSR count). The van der Waals surface area contributed by atoms with E-state index in [4.69, 9.17) is 4.74 Å². The van der Waals surface area contributed by atoms with Crippen LogP contribution in [0.15, 0.2) is 36.4 Å². The average Bonchev–Trinajstić information content (AvgIpc) is 2.61. The minimum Gasteiger partial charge on any atom is -0.493 e. The smallest absolute Gasteiger partial charge is 0.123 e. The number of rotatable bonds is 5. The molecule has 0 radical (unpaired) electrons. The molecule has 2 nitrogen and oxygen atoms in total. The number of halogens is 1. The molecular formula is C22H28FNO. The Morgan fingerprint density at radius 3 is 2.64 bits per heavy atom. The number of aryl methyl sites for hydroxylation is 2.